The molecule has 0 heterocycles. The van der Waals surface area contributed by atoms with E-state index in [-0.39, 0.29) is 31.4 Å². The Balaban J connectivity index is 4.37. The van der Waals surface area contributed by atoms with Crippen LogP contribution in [-0.4, -0.2) is 90.2 Å². The van der Waals surface area contributed by atoms with Crippen LogP contribution in [0.15, 0.2) is 0 Å². The van der Waals surface area contributed by atoms with E-state index >= 15 is 0 Å². The molecule has 0 radical (unpaired) electrons. The Kier molecular flexibility index (Phi) is 27.9. The minimum Gasteiger partial charge on any atom is -0.382 e. The zero-order valence-corrected chi connectivity index (χ0v) is 25.0. The summed E-state index contributed by atoms with van der Waals surface area (Å²) in [5, 5.41) is 8.42. The highest BCUT2D eigenvalue weighted by atomic mass is 16.6. The molecule has 0 spiro atoms. The topological polar surface area (TPSA) is 124 Å². The Morgan fingerprint density at radius 3 is 1.64 bits per heavy atom. The van der Waals surface area contributed by atoms with Gasteiger partial charge < -0.3 is 34.9 Å². The second kappa shape index (κ2) is 29.2. The molecule has 0 aromatic rings. The Hall–Kier alpha value is -1.75. The second-order valence-electron chi connectivity index (χ2n) is 9.77. The van der Waals surface area contributed by atoms with Crippen molar-refractivity contribution in [2.45, 2.75) is 103 Å². The summed E-state index contributed by atoms with van der Waals surface area (Å²) < 4.78 is 20.9. The molecule has 0 aliphatic heterocycles. The van der Waals surface area contributed by atoms with Crippen LogP contribution >= 0.6 is 0 Å². The largest absolute Gasteiger partial charge is 0.382 e. The lowest BCUT2D eigenvalue weighted by Gasteiger charge is -2.18. The quantitative estimate of drug-likeness (QED) is 0.120. The molecule has 0 fully saturated rings. The Morgan fingerprint density at radius 1 is 0.590 bits per heavy atom. The van der Waals surface area contributed by atoms with Gasteiger partial charge in [-0.3, -0.25) is 14.4 Å². The minimum absolute atomic E-state index is 0.101. The van der Waals surface area contributed by atoms with Crippen LogP contribution in [0, 0.1) is 0 Å². The molecule has 10 nitrogen and oxygen atoms in total. The zero-order valence-electron chi connectivity index (χ0n) is 25.0. The lowest BCUT2D eigenvalue weighted by molar-refractivity contribution is -0.133. The van der Waals surface area contributed by atoms with Crippen LogP contribution in [0.1, 0.15) is 97.3 Å². The van der Waals surface area contributed by atoms with Gasteiger partial charge in [-0.15, -0.1) is 0 Å². The van der Waals surface area contributed by atoms with Crippen molar-refractivity contribution in [3.05, 3.63) is 0 Å². The van der Waals surface area contributed by atoms with Gasteiger partial charge in [0.15, 0.2) is 0 Å². The highest BCUT2D eigenvalue weighted by Gasteiger charge is 2.23. The number of hydrogen-bond donors (Lipinski definition) is 3. The Labute approximate surface area is 237 Å². The Bertz CT molecular complexity index is 593. The fraction of sp³-hybridized carbons (Fsp3) is 0.897. The van der Waals surface area contributed by atoms with Crippen LogP contribution in [0.4, 0.5) is 0 Å². The van der Waals surface area contributed by atoms with Gasteiger partial charge in [0.05, 0.1) is 46.1 Å². The van der Waals surface area contributed by atoms with Gasteiger partial charge in [-0.25, -0.2) is 0 Å². The normalized spacial score (nSPS) is 11.8. The first-order valence-electron chi connectivity index (χ1n) is 15.1. The first-order chi connectivity index (χ1) is 19.0. The summed E-state index contributed by atoms with van der Waals surface area (Å²) in [4.78, 5) is 37.7. The average molecular weight is 560 g/mol. The summed E-state index contributed by atoms with van der Waals surface area (Å²) in [6.45, 7) is 7.75. The number of carbonyl (C=O) groups is 3. The molecule has 3 amide bonds. The van der Waals surface area contributed by atoms with Gasteiger partial charge in [-0.05, 0) is 12.8 Å². The molecule has 0 aromatic carbocycles. The smallest absolute Gasteiger partial charge is 0.246 e. The maximum Gasteiger partial charge on any atom is 0.246 e. The van der Waals surface area contributed by atoms with Gasteiger partial charge in [0, 0.05) is 20.2 Å². The van der Waals surface area contributed by atoms with E-state index in [0.29, 0.717) is 46.1 Å². The minimum atomic E-state index is -0.939. The lowest BCUT2D eigenvalue weighted by Crippen LogP contribution is -2.50. The molecule has 0 unspecified atom stereocenters. The molecule has 0 saturated heterocycles. The fourth-order valence-corrected chi connectivity index (χ4v) is 3.82. The van der Waals surface area contributed by atoms with Crippen LogP contribution in [0.25, 0.3) is 0 Å². The maximum absolute atomic E-state index is 12.8. The number of amides is 3. The predicted octanol–water partition coefficient (Wildman–Crippen LogP) is 3.51. The SMILES string of the molecule is CCCCCCCCNC(=O)C[C@H](NC(=O)COCCOCCOCCOC)C(=O)NCCCCCCCC. The van der Waals surface area contributed by atoms with Crippen LogP contribution < -0.4 is 16.0 Å². The van der Waals surface area contributed by atoms with Crippen molar-refractivity contribution in [3.8, 4) is 0 Å². The van der Waals surface area contributed by atoms with Crippen LogP contribution in [0.5, 0.6) is 0 Å². The fourth-order valence-electron chi connectivity index (χ4n) is 3.82. The van der Waals surface area contributed by atoms with E-state index in [0.717, 1.165) is 38.5 Å². The molecule has 0 bridgehead atoms. The predicted molar refractivity (Wildman–Crippen MR) is 154 cm³/mol. The first kappa shape index (κ1) is 37.2. The van der Waals surface area contributed by atoms with Crippen molar-refractivity contribution in [2.24, 2.45) is 0 Å². The highest BCUT2D eigenvalue weighted by molar-refractivity contribution is 5.92. The monoisotopic (exact) mass is 559 g/mol. The number of hydrogen-bond acceptors (Lipinski definition) is 7. The highest BCUT2D eigenvalue weighted by Crippen LogP contribution is 2.05. The third kappa shape index (κ3) is 26.2. The van der Waals surface area contributed by atoms with E-state index in [1.165, 1.54) is 38.5 Å². The zero-order chi connectivity index (χ0) is 28.8. The lowest BCUT2D eigenvalue weighted by atomic mass is 10.1. The number of methoxy groups -OCH3 is 1. The van der Waals surface area contributed by atoms with Crippen molar-refractivity contribution in [1.82, 2.24) is 16.0 Å². The first-order valence-corrected chi connectivity index (χ1v) is 15.1. The molecule has 0 rings (SSSR count). The summed E-state index contributed by atoms with van der Waals surface area (Å²) in [6, 6.07) is -0.939. The molecule has 3 N–H and O–H groups in total. The third-order valence-corrected chi connectivity index (χ3v) is 6.13. The van der Waals surface area contributed by atoms with Gasteiger partial charge in [0.1, 0.15) is 12.6 Å². The van der Waals surface area contributed by atoms with E-state index in [2.05, 4.69) is 29.8 Å². The van der Waals surface area contributed by atoms with Gasteiger partial charge in [0.2, 0.25) is 17.7 Å². The summed E-state index contributed by atoms with van der Waals surface area (Å²) in [6.07, 6.45) is 13.4. The van der Waals surface area contributed by atoms with Crippen molar-refractivity contribution in [1.29, 1.82) is 0 Å². The average Bonchev–Trinajstić information content (AvgIpc) is 2.92. The van der Waals surface area contributed by atoms with Crippen LogP contribution in [-0.2, 0) is 33.3 Å². The van der Waals surface area contributed by atoms with E-state index in [1.807, 2.05) is 0 Å². The molecule has 39 heavy (non-hydrogen) atoms. The summed E-state index contributed by atoms with van der Waals surface area (Å²) >= 11 is 0. The molecule has 230 valence electrons. The molecule has 10 heteroatoms. The van der Waals surface area contributed by atoms with E-state index in [1.54, 1.807) is 7.11 Å². The van der Waals surface area contributed by atoms with Crippen LogP contribution in [0.3, 0.4) is 0 Å². The van der Waals surface area contributed by atoms with Gasteiger partial charge in [-0.1, -0.05) is 78.1 Å². The molecule has 0 aromatic heterocycles. The van der Waals surface area contributed by atoms with Crippen LogP contribution in [0.2, 0.25) is 0 Å². The second-order valence-corrected chi connectivity index (χ2v) is 9.77. The molecule has 1 atom stereocenters. The number of unbranched alkanes of at least 4 members (excludes halogenated alkanes) is 10. The molecule has 0 aliphatic rings. The number of rotatable bonds is 29. The Morgan fingerprint density at radius 2 is 1.08 bits per heavy atom. The van der Waals surface area contributed by atoms with Crippen molar-refractivity contribution in [3.63, 3.8) is 0 Å². The van der Waals surface area contributed by atoms with Crippen molar-refractivity contribution < 1.29 is 33.3 Å². The maximum atomic E-state index is 12.8. The summed E-state index contributed by atoms with van der Waals surface area (Å²) in [7, 11) is 1.62. The molecular weight excluding hydrogens is 502 g/mol. The summed E-state index contributed by atoms with van der Waals surface area (Å²) in [5.41, 5.74) is 0. The van der Waals surface area contributed by atoms with Crippen molar-refractivity contribution in [2.75, 3.05) is 66.4 Å². The molecular formula is C29H57N3O7. The third-order valence-electron chi connectivity index (χ3n) is 6.13. The van der Waals surface area contributed by atoms with E-state index in [4.69, 9.17) is 18.9 Å². The summed E-state index contributed by atoms with van der Waals surface area (Å²) in [5.74, 6) is -1.03. The van der Waals surface area contributed by atoms with Gasteiger partial charge in [0.25, 0.3) is 0 Å². The standard InChI is InChI=1S/C29H57N3O7/c1-4-6-8-10-12-14-16-30-27(33)24-26(29(35)31-17-15-13-11-9-7-5-2)32-28(34)25-39-23-22-38-21-20-37-19-18-36-3/h26H,4-25H2,1-3H3,(H,30,33)(H,31,35)(H,32,34)/t26-/m0/s1. The van der Waals surface area contributed by atoms with E-state index in [9.17, 15) is 14.4 Å². The number of nitrogens with one attached hydrogen (secondary N) is 3. The number of carbonyl (C=O) groups excluding carboxylic acids is 3. The molecule has 0 saturated carbocycles. The van der Waals surface area contributed by atoms with E-state index < -0.39 is 11.9 Å². The number of ether oxygens (including phenoxy) is 4. The molecule has 0 aliphatic carbocycles. The van der Waals surface area contributed by atoms with Crippen molar-refractivity contribution >= 4 is 17.7 Å². The van der Waals surface area contributed by atoms with Gasteiger partial charge in [-0.2, -0.15) is 0 Å². The van der Waals surface area contributed by atoms with Gasteiger partial charge >= 0.3 is 0 Å².